The molecule has 1 aromatic heterocycles. The van der Waals surface area contributed by atoms with Crippen LogP contribution >= 0.6 is 0 Å². The molecule has 0 spiro atoms. The van der Waals surface area contributed by atoms with Gasteiger partial charge in [-0.1, -0.05) is 5.21 Å². The normalized spacial score (nSPS) is 35.3. The topological polar surface area (TPSA) is 118 Å². The van der Waals surface area contributed by atoms with Crippen LogP contribution in [0.4, 0.5) is 0 Å². The third-order valence-corrected chi connectivity index (χ3v) is 5.13. The van der Waals surface area contributed by atoms with Crippen molar-refractivity contribution in [2.24, 2.45) is 5.73 Å². The molecule has 0 aromatic carbocycles. The van der Waals surface area contributed by atoms with Gasteiger partial charge in [-0.3, -0.25) is 4.79 Å². The molecule has 1 saturated carbocycles. The van der Waals surface area contributed by atoms with Gasteiger partial charge in [-0.2, -0.15) is 0 Å². The summed E-state index contributed by atoms with van der Waals surface area (Å²) in [5, 5.41) is 28.0. The molecule has 4 N–H and O–H groups in total. The predicted molar refractivity (Wildman–Crippen MR) is 82.7 cm³/mol. The summed E-state index contributed by atoms with van der Waals surface area (Å²) in [4.78, 5) is 14.0. The summed E-state index contributed by atoms with van der Waals surface area (Å²) in [5.74, 6) is -0.252. The number of likely N-dealkylation sites (tertiary alicyclic amines) is 1. The lowest BCUT2D eigenvalue weighted by molar-refractivity contribution is -0.0999. The van der Waals surface area contributed by atoms with Crippen LogP contribution in [0.15, 0.2) is 6.20 Å². The van der Waals surface area contributed by atoms with Gasteiger partial charge in [-0.05, 0) is 39.0 Å². The van der Waals surface area contributed by atoms with Crippen LogP contribution in [0, 0.1) is 0 Å². The number of aliphatic hydroxyl groups is 2. The summed E-state index contributed by atoms with van der Waals surface area (Å²) in [5.41, 5.74) is 5.05. The van der Waals surface area contributed by atoms with Gasteiger partial charge < -0.3 is 20.8 Å². The molecule has 0 radical (unpaired) electrons. The second-order valence-corrected chi connectivity index (χ2v) is 7.03. The minimum atomic E-state index is -1.14. The average molecular weight is 323 g/mol. The highest BCUT2D eigenvalue weighted by Crippen LogP contribution is 2.27. The predicted octanol–water partition coefficient (Wildman–Crippen LogP) is -0.322. The average Bonchev–Trinajstić information content (AvgIpc) is 3.00. The van der Waals surface area contributed by atoms with Crippen LogP contribution in [-0.4, -0.2) is 66.9 Å². The van der Waals surface area contributed by atoms with Gasteiger partial charge in [0.25, 0.3) is 5.91 Å². The van der Waals surface area contributed by atoms with E-state index < -0.39 is 11.7 Å². The molecule has 3 rings (SSSR count). The van der Waals surface area contributed by atoms with E-state index in [1.165, 1.54) is 4.90 Å². The molecular formula is C15H25N5O3. The van der Waals surface area contributed by atoms with Crippen LogP contribution in [-0.2, 0) is 0 Å². The monoisotopic (exact) mass is 323 g/mol. The molecule has 0 bridgehead atoms. The minimum Gasteiger partial charge on any atom is -0.388 e. The zero-order chi connectivity index (χ0) is 16.6. The first kappa shape index (κ1) is 16.4. The molecule has 1 amide bonds. The fourth-order valence-electron chi connectivity index (χ4n) is 3.29. The zero-order valence-corrected chi connectivity index (χ0v) is 13.4. The lowest BCUT2D eigenvalue weighted by Gasteiger charge is -2.39. The van der Waals surface area contributed by atoms with Crippen LogP contribution in [0.3, 0.4) is 0 Å². The Hall–Kier alpha value is -1.51. The van der Waals surface area contributed by atoms with Gasteiger partial charge in [0.1, 0.15) is 0 Å². The van der Waals surface area contributed by atoms with E-state index in [0.717, 1.165) is 25.7 Å². The third kappa shape index (κ3) is 3.39. The Bertz CT molecular complexity index is 565. The van der Waals surface area contributed by atoms with E-state index in [-0.39, 0.29) is 30.2 Å². The van der Waals surface area contributed by atoms with Crippen molar-refractivity contribution in [2.75, 3.05) is 13.1 Å². The van der Waals surface area contributed by atoms with E-state index in [9.17, 15) is 15.0 Å². The van der Waals surface area contributed by atoms with E-state index in [4.69, 9.17) is 5.73 Å². The molecule has 23 heavy (non-hydrogen) atoms. The van der Waals surface area contributed by atoms with Crippen LogP contribution in [0.5, 0.6) is 0 Å². The van der Waals surface area contributed by atoms with Crippen molar-refractivity contribution in [1.29, 1.82) is 0 Å². The SMILES string of the molecule is C[C@]1(O)CCN(C(=O)c2cn(C3CCC(N)CC3)nn2)C[C@@H]1O. The first-order chi connectivity index (χ1) is 10.9. The van der Waals surface area contributed by atoms with E-state index in [0.29, 0.717) is 13.0 Å². The van der Waals surface area contributed by atoms with Crippen LogP contribution in [0.2, 0.25) is 0 Å². The van der Waals surface area contributed by atoms with Crippen molar-refractivity contribution in [3.63, 3.8) is 0 Å². The lowest BCUT2D eigenvalue weighted by atomic mass is 9.90. The molecule has 0 unspecified atom stereocenters. The minimum absolute atomic E-state index is 0.108. The zero-order valence-electron chi connectivity index (χ0n) is 13.4. The molecule has 128 valence electrons. The first-order valence-corrected chi connectivity index (χ1v) is 8.24. The van der Waals surface area contributed by atoms with Crippen molar-refractivity contribution in [2.45, 2.75) is 62.8 Å². The highest BCUT2D eigenvalue weighted by atomic mass is 16.3. The first-order valence-electron chi connectivity index (χ1n) is 8.24. The molecule has 8 nitrogen and oxygen atoms in total. The Labute approximate surface area is 135 Å². The Morgan fingerprint density at radius 1 is 1.39 bits per heavy atom. The van der Waals surface area contributed by atoms with Crippen LogP contribution < -0.4 is 5.73 Å². The van der Waals surface area contributed by atoms with E-state index >= 15 is 0 Å². The van der Waals surface area contributed by atoms with Gasteiger partial charge in [-0.25, -0.2) is 4.68 Å². The summed E-state index contributed by atoms with van der Waals surface area (Å²) in [6.45, 7) is 2.09. The number of nitrogens with zero attached hydrogens (tertiary/aromatic N) is 4. The lowest BCUT2D eigenvalue weighted by Crippen LogP contribution is -2.55. The third-order valence-electron chi connectivity index (χ3n) is 5.13. The Kier molecular flexibility index (Phi) is 4.39. The Morgan fingerprint density at radius 2 is 2.09 bits per heavy atom. The summed E-state index contributed by atoms with van der Waals surface area (Å²) in [6.07, 6.45) is 4.89. The molecule has 1 saturated heterocycles. The van der Waals surface area contributed by atoms with Gasteiger partial charge in [0.05, 0.1) is 23.9 Å². The number of amides is 1. The summed E-state index contributed by atoms with van der Waals surface area (Å²) in [6, 6.07) is 0.509. The molecule has 2 fully saturated rings. The fraction of sp³-hybridized carbons (Fsp3) is 0.800. The summed E-state index contributed by atoms with van der Waals surface area (Å²) in [7, 11) is 0. The Morgan fingerprint density at radius 3 is 2.74 bits per heavy atom. The number of aliphatic hydroxyl groups excluding tert-OH is 1. The Balaban J connectivity index is 1.65. The van der Waals surface area contributed by atoms with Crippen molar-refractivity contribution in [1.82, 2.24) is 19.9 Å². The molecule has 2 heterocycles. The highest BCUT2D eigenvalue weighted by Gasteiger charge is 2.38. The number of carbonyl (C=O) groups excluding carboxylic acids is 1. The number of nitrogens with two attached hydrogens (primary N) is 1. The second-order valence-electron chi connectivity index (χ2n) is 7.03. The summed E-state index contributed by atoms with van der Waals surface area (Å²) < 4.78 is 1.76. The maximum Gasteiger partial charge on any atom is 0.276 e. The van der Waals surface area contributed by atoms with Crippen molar-refractivity contribution >= 4 is 5.91 Å². The van der Waals surface area contributed by atoms with Gasteiger partial charge in [-0.15, -0.1) is 5.10 Å². The molecular weight excluding hydrogens is 298 g/mol. The van der Waals surface area contributed by atoms with Gasteiger partial charge in [0.15, 0.2) is 5.69 Å². The molecule has 8 heteroatoms. The van der Waals surface area contributed by atoms with Gasteiger partial charge in [0.2, 0.25) is 0 Å². The number of rotatable bonds is 2. The van der Waals surface area contributed by atoms with E-state index in [1.54, 1.807) is 17.8 Å². The van der Waals surface area contributed by atoms with E-state index in [1.807, 2.05) is 0 Å². The second kappa shape index (κ2) is 6.18. The summed E-state index contributed by atoms with van der Waals surface area (Å²) >= 11 is 0. The van der Waals surface area contributed by atoms with Crippen LogP contribution in [0.25, 0.3) is 0 Å². The largest absolute Gasteiger partial charge is 0.388 e. The number of hydrogen-bond acceptors (Lipinski definition) is 6. The molecule has 1 aromatic rings. The maximum atomic E-state index is 12.5. The highest BCUT2D eigenvalue weighted by molar-refractivity contribution is 5.92. The molecule has 1 aliphatic heterocycles. The van der Waals surface area contributed by atoms with Crippen molar-refractivity contribution < 1.29 is 15.0 Å². The standard InChI is InChI=1S/C15H25N5O3/c1-15(23)6-7-19(9-13(15)21)14(22)12-8-20(18-17-12)11-4-2-10(16)3-5-11/h8,10-11,13,21,23H,2-7,9,16H2,1H3/t10?,11?,13-,15-/m0/s1. The smallest absolute Gasteiger partial charge is 0.276 e. The number of carbonyl (C=O) groups is 1. The molecule has 2 aliphatic rings. The molecule has 2 atom stereocenters. The number of hydrogen-bond donors (Lipinski definition) is 3. The van der Waals surface area contributed by atoms with E-state index in [2.05, 4.69) is 10.3 Å². The maximum absolute atomic E-state index is 12.5. The molecule has 1 aliphatic carbocycles. The van der Waals surface area contributed by atoms with Gasteiger partial charge in [0, 0.05) is 19.1 Å². The van der Waals surface area contributed by atoms with Crippen molar-refractivity contribution in [3.05, 3.63) is 11.9 Å². The van der Waals surface area contributed by atoms with Crippen LogP contribution in [0.1, 0.15) is 55.6 Å². The van der Waals surface area contributed by atoms with Gasteiger partial charge >= 0.3 is 0 Å². The van der Waals surface area contributed by atoms with Crippen molar-refractivity contribution in [3.8, 4) is 0 Å². The quantitative estimate of drug-likeness (QED) is 0.686. The number of β-amino-alcohol motifs (C(OH)–C–C–N with tert-alkyl or cyclic N) is 1. The fourth-order valence-corrected chi connectivity index (χ4v) is 3.29. The number of aromatic nitrogens is 3. The number of piperidine rings is 1.